The van der Waals surface area contributed by atoms with E-state index in [1.54, 1.807) is 31.5 Å². The number of hydrogen-bond donors (Lipinski definition) is 2. The van der Waals surface area contributed by atoms with E-state index in [1.165, 1.54) is 0 Å². The first-order valence-corrected chi connectivity index (χ1v) is 11.2. The monoisotopic (exact) mass is 470 g/mol. The number of ether oxygens (including phenoxy) is 2. The molecule has 1 amide bonds. The fraction of sp³-hybridized carbons (Fsp3) is 0.222. The van der Waals surface area contributed by atoms with Gasteiger partial charge in [0, 0.05) is 30.1 Å². The normalized spacial score (nSPS) is 14.8. The van der Waals surface area contributed by atoms with Gasteiger partial charge in [-0.05, 0) is 60.4 Å². The number of methoxy groups -OCH3 is 2. The lowest BCUT2D eigenvalue weighted by Gasteiger charge is -2.27. The van der Waals surface area contributed by atoms with Gasteiger partial charge in [0.1, 0.15) is 17.1 Å². The smallest absolute Gasteiger partial charge is 0.273 e. The van der Waals surface area contributed by atoms with Crippen LogP contribution < -0.4 is 9.47 Å². The summed E-state index contributed by atoms with van der Waals surface area (Å²) < 4.78 is 11.0. The second-order valence-corrected chi connectivity index (χ2v) is 8.65. The van der Waals surface area contributed by atoms with Gasteiger partial charge in [0.2, 0.25) is 0 Å². The number of H-pyrrole nitrogens is 1. The summed E-state index contributed by atoms with van der Waals surface area (Å²) in [6, 6.07) is 12.7. The average molecular weight is 471 g/mol. The predicted molar refractivity (Wildman–Crippen MR) is 131 cm³/mol. The van der Waals surface area contributed by atoms with Crippen molar-refractivity contribution in [1.82, 2.24) is 20.1 Å². The zero-order valence-electron chi connectivity index (χ0n) is 20.0. The van der Waals surface area contributed by atoms with Crippen LogP contribution in [0.15, 0.2) is 54.9 Å². The first kappa shape index (κ1) is 22.5. The highest BCUT2D eigenvalue weighted by Crippen LogP contribution is 2.47. The number of hydrogen-bond acceptors (Lipinski definition) is 6. The van der Waals surface area contributed by atoms with Crippen LogP contribution in [0.1, 0.15) is 44.3 Å². The van der Waals surface area contributed by atoms with Crippen LogP contribution in [0.25, 0.3) is 11.3 Å². The minimum Gasteiger partial charge on any atom is -0.507 e. The van der Waals surface area contributed by atoms with Crippen LogP contribution in [0.2, 0.25) is 0 Å². The van der Waals surface area contributed by atoms with E-state index in [-0.39, 0.29) is 11.7 Å². The molecular weight excluding hydrogens is 444 g/mol. The van der Waals surface area contributed by atoms with Crippen molar-refractivity contribution in [3.05, 3.63) is 88.4 Å². The number of amides is 1. The van der Waals surface area contributed by atoms with Gasteiger partial charge < -0.3 is 19.5 Å². The molecule has 1 atom stereocenters. The van der Waals surface area contributed by atoms with Crippen molar-refractivity contribution < 1.29 is 19.4 Å². The van der Waals surface area contributed by atoms with E-state index < -0.39 is 6.04 Å². The quantitative estimate of drug-likeness (QED) is 0.429. The van der Waals surface area contributed by atoms with Crippen LogP contribution in [-0.2, 0) is 6.54 Å². The largest absolute Gasteiger partial charge is 0.507 e. The number of phenolic OH excluding ortho intramolecular Hbond substituents is 1. The van der Waals surface area contributed by atoms with Crippen molar-refractivity contribution in [3.8, 4) is 28.5 Å². The average Bonchev–Trinajstić information content (AvgIpc) is 3.40. The number of nitrogens with one attached hydrogen (secondary N) is 1. The Bertz CT molecular complexity index is 1410. The molecule has 0 radical (unpaired) electrons. The first-order chi connectivity index (χ1) is 16.9. The summed E-state index contributed by atoms with van der Waals surface area (Å²) in [4.78, 5) is 19.6. The molecule has 35 heavy (non-hydrogen) atoms. The van der Waals surface area contributed by atoms with Crippen LogP contribution >= 0.6 is 0 Å². The molecule has 0 spiro atoms. The highest BCUT2D eigenvalue weighted by Gasteiger charge is 2.43. The van der Waals surface area contributed by atoms with Crippen molar-refractivity contribution in [2.75, 3.05) is 14.2 Å². The van der Waals surface area contributed by atoms with Crippen molar-refractivity contribution in [2.45, 2.75) is 26.4 Å². The zero-order valence-corrected chi connectivity index (χ0v) is 20.0. The van der Waals surface area contributed by atoms with E-state index in [4.69, 9.17) is 9.47 Å². The summed E-state index contributed by atoms with van der Waals surface area (Å²) in [5, 5.41) is 18.3. The summed E-state index contributed by atoms with van der Waals surface area (Å²) >= 11 is 0. The van der Waals surface area contributed by atoms with Gasteiger partial charge in [-0.25, -0.2) is 0 Å². The molecule has 8 heteroatoms. The number of phenols is 1. The van der Waals surface area contributed by atoms with Crippen molar-refractivity contribution >= 4 is 5.91 Å². The Balaban J connectivity index is 1.71. The minimum absolute atomic E-state index is 0.147. The van der Waals surface area contributed by atoms with Gasteiger partial charge in [0.15, 0.2) is 11.5 Å². The lowest BCUT2D eigenvalue weighted by atomic mass is 9.93. The minimum atomic E-state index is -0.466. The summed E-state index contributed by atoms with van der Waals surface area (Å²) in [5.41, 5.74) is 5.73. The summed E-state index contributed by atoms with van der Waals surface area (Å²) in [6.45, 7) is 4.17. The molecule has 2 aromatic heterocycles. The fourth-order valence-corrected chi connectivity index (χ4v) is 4.76. The number of pyridine rings is 1. The Morgan fingerprint density at radius 3 is 2.60 bits per heavy atom. The Hall–Kier alpha value is -4.33. The van der Waals surface area contributed by atoms with E-state index in [0.29, 0.717) is 40.6 Å². The fourth-order valence-electron chi connectivity index (χ4n) is 4.76. The molecule has 4 aromatic rings. The van der Waals surface area contributed by atoms with Gasteiger partial charge in [-0.2, -0.15) is 5.10 Å². The molecule has 0 bridgehead atoms. The molecule has 0 aliphatic carbocycles. The maximum absolute atomic E-state index is 13.6. The molecule has 5 rings (SSSR count). The molecule has 1 unspecified atom stereocenters. The van der Waals surface area contributed by atoms with Crippen LogP contribution in [-0.4, -0.2) is 45.3 Å². The van der Waals surface area contributed by atoms with Crippen LogP contribution in [0.3, 0.4) is 0 Å². The molecule has 0 fully saturated rings. The standard InChI is InChI=1S/C27H26N4O4/c1-15-10-16(2)26(32)19(11-15)23-22-24(30-29-23)27(33)31(14-17-6-5-9-28-13-17)25(22)18-7-8-20(34-3)21(12-18)35-4/h5-13,25,32H,14H2,1-4H3,(H,29,30). The molecule has 178 valence electrons. The Labute approximate surface area is 203 Å². The highest BCUT2D eigenvalue weighted by molar-refractivity contribution is 6.00. The number of fused-ring (bicyclic) bond motifs is 1. The number of nitrogens with zero attached hydrogens (tertiary/aromatic N) is 3. The maximum Gasteiger partial charge on any atom is 0.273 e. The van der Waals surface area contributed by atoms with E-state index in [9.17, 15) is 9.90 Å². The molecule has 2 aromatic carbocycles. The molecule has 1 aliphatic rings. The number of carbonyl (C=O) groups is 1. The SMILES string of the molecule is COc1ccc(C2c3c(-c4cc(C)cc(C)c4O)n[nH]c3C(=O)N2Cc2cccnc2)cc1OC. The summed E-state index contributed by atoms with van der Waals surface area (Å²) in [7, 11) is 3.16. The van der Waals surface area contributed by atoms with Crippen molar-refractivity contribution in [3.63, 3.8) is 0 Å². The number of benzene rings is 2. The molecule has 3 heterocycles. The molecule has 1 aliphatic heterocycles. The summed E-state index contributed by atoms with van der Waals surface area (Å²) in [6.07, 6.45) is 3.45. The zero-order chi connectivity index (χ0) is 24.7. The third-order valence-electron chi connectivity index (χ3n) is 6.36. The highest BCUT2D eigenvalue weighted by atomic mass is 16.5. The van der Waals surface area contributed by atoms with Gasteiger partial charge in [-0.15, -0.1) is 0 Å². The molecule has 0 saturated heterocycles. The number of rotatable bonds is 6. The molecule has 8 nitrogen and oxygen atoms in total. The maximum atomic E-state index is 13.6. The van der Waals surface area contributed by atoms with E-state index in [1.807, 2.05) is 56.3 Å². The lowest BCUT2D eigenvalue weighted by molar-refractivity contribution is 0.0729. The number of aromatic hydroxyl groups is 1. The van der Waals surface area contributed by atoms with Crippen LogP contribution in [0, 0.1) is 13.8 Å². The second-order valence-electron chi connectivity index (χ2n) is 8.65. The third kappa shape index (κ3) is 3.77. The van der Waals surface area contributed by atoms with Gasteiger partial charge in [0.25, 0.3) is 5.91 Å². The van der Waals surface area contributed by atoms with E-state index in [0.717, 1.165) is 22.3 Å². The summed E-state index contributed by atoms with van der Waals surface area (Å²) in [5.74, 6) is 1.13. The number of aryl methyl sites for hydroxylation is 2. The lowest BCUT2D eigenvalue weighted by Crippen LogP contribution is -2.29. The predicted octanol–water partition coefficient (Wildman–Crippen LogP) is 4.56. The third-order valence-corrected chi connectivity index (χ3v) is 6.36. The van der Waals surface area contributed by atoms with Gasteiger partial charge in [-0.1, -0.05) is 18.2 Å². The van der Waals surface area contributed by atoms with Crippen LogP contribution in [0.4, 0.5) is 0 Å². The topological polar surface area (TPSA) is 101 Å². The van der Waals surface area contributed by atoms with Crippen LogP contribution in [0.5, 0.6) is 17.2 Å². The number of aromatic amines is 1. The van der Waals surface area contributed by atoms with Gasteiger partial charge in [-0.3, -0.25) is 14.9 Å². The Kier molecular flexibility index (Phi) is 5.64. The number of aromatic nitrogens is 3. The molecule has 0 saturated carbocycles. The van der Waals surface area contributed by atoms with Crippen molar-refractivity contribution in [1.29, 1.82) is 0 Å². The van der Waals surface area contributed by atoms with E-state index >= 15 is 0 Å². The number of carbonyl (C=O) groups excluding carboxylic acids is 1. The second kappa shape index (κ2) is 8.79. The molecule has 2 N–H and O–H groups in total. The Morgan fingerprint density at radius 1 is 1.09 bits per heavy atom. The van der Waals surface area contributed by atoms with Crippen molar-refractivity contribution in [2.24, 2.45) is 0 Å². The van der Waals surface area contributed by atoms with E-state index in [2.05, 4.69) is 15.2 Å². The van der Waals surface area contributed by atoms with Gasteiger partial charge in [0.05, 0.1) is 20.3 Å². The molecular formula is C27H26N4O4. The first-order valence-electron chi connectivity index (χ1n) is 11.2. The van der Waals surface area contributed by atoms with Gasteiger partial charge >= 0.3 is 0 Å². The Morgan fingerprint density at radius 2 is 1.89 bits per heavy atom.